The number of aryl methyl sites for hydroxylation is 1. The Morgan fingerprint density at radius 1 is 1.07 bits per heavy atom. The maximum Gasteiger partial charge on any atom is 0.251 e. The summed E-state index contributed by atoms with van der Waals surface area (Å²) in [6, 6.07) is 17.1. The number of nitrogens with one attached hydrogen (secondary N) is 1. The van der Waals surface area contributed by atoms with Gasteiger partial charge in [0.05, 0.1) is 12.0 Å². The molecule has 0 saturated carbocycles. The van der Waals surface area contributed by atoms with Crippen molar-refractivity contribution in [1.29, 1.82) is 0 Å². The van der Waals surface area contributed by atoms with Gasteiger partial charge in [0.15, 0.2) is 9.84 Å². The van der Waals surface area contributed by atoms with Crippen molar-refractivity contribution >= 4 is 27.1 Å². The van der Waals surface area contributed by atoms with E-state index < -0.39 is 15.1 Å². The summed E-state index contributed by atoms with van der Waals surface area (Å²) in [5.74, 6) is 0.295. The van der Waals surface area contributed by atoms with Crippen molar-refractivity contribution in [3.8, 4) is 5.75 Å². The van der Waals surface area contributed by atoms with Crippen molar-refractivity contribution in [2.45, 2.75) is 17.1 Å². The number of ether oxygens (including phenoxy) is 1. The van der Waals surface area contributed by atoms with E-state index in [0.29, 0.717) is 16.2 Å². The van der Waals surface area contributed by atoms with Crippen molar-refractivity contribution in [3.05, 3.63) is 82.0 Å². The molecule has 1 heterocycles. The summed E-state index contributed by atoms with van der Waals surface area (Å²) < 4.78 is 31.6. The fourth-order valence-corrected chi connectivity index (χ4v) is 5.66. The molecule has 2 aromatic carbocycles. The molecule has 1 amide bonds. The number of thiophene rings is 1. The Morgan fingerprint density at radius 3 is 2.39 bits per heavy atom. The van der Waals surface area contributed by atoms with Crippen LogP contribution in [0.5, 0.6) is 5.75 Å². The lowest BCUT2D eigenvalue weighted by Gasteiger charge is -2.18. The van der Waals surface area contributed by atoms with Crippen LogP contribution in [0, 0.1) is 6.92 Å². The molecule has 5 nitrogen and oxygen atoms in total. The quantitative estimate of drug-likeness (QED) is 0.633. The third-order valence-corrected chi connectivity index (χ3v) is 7.69. The van der Waals surface area contributed by atoms with Crippen molar-refractivity contribution in [2.75, 3.05) is 13.7 Å². The third-order valence-electron chi connectivity index (χ3n) is 4.46. The number of rotatable bonds is 7. The van der Waals surface area contributed by atoms with Crippen LogP contribution in [-0.2, 0) is 9.84 Å². The molecule has 7 heteroatoms. The zero-order valence-corrected chi connectivity index (χ0v) is 17.2. The molecule has 0 fully saturated rings. The van der Waals surface area contributed by atoms with E-state index in [1.165, 1.54) is 30.6 Å². The SMILES string of the molecule is COc1ccc(S(=O)(=O)C(CNC(=O)c2ccccc2C)c2cccs2)cc1. The van der Waals surface area contributed by atoms with Gasteiger partial charge in [-0.15, -0.1) is 11.3 Å². The molecule has 0 aliphatic carbocycles. The number of hydrogen-bond acceptors (Lipinski definition) is 5. The predicted octanol–water partition coefficient (Wildman–Crippen LogP) is 4.01. The van der Waals surface area contributed by atoms with Crippen molar-refractivity contribution < 1.29 is 17.9 Å². The first kappa shape index (κ1) is 20.1. The summed E-state index contributed by atoms with van der Waals surface area (Å²) in [4.78, 5) is 13.4. The molecule has 1 unspecified atom stereocenters. The molecule has 0 aliphatic rings. The number of benzene rings is 2. The molecule has 28 heavy (non-hydrogen) atoms. The second-order valence-corrected chi connectivity index (χ2v) is 9.36. The molecule has 1 atom stereocenters. The van der Waals surface area contributed by atoms with Crippen LogP contribution in [0.4, 0.5) is 0 Å². The lowest BCUT2D eigenvalue weighted by Crippen LogP contribution is -2.32. The predicted molar refractivity (Wildman–Crippen MR) is 111 cm³/mol. The molecule has 146 valence electrons. The standard InChI is InChI=1S/C21H21NO4S2/c1-15-6-3-4-7-18(15)21(23)22-14-20(19-8-5-13-27-19)28(24,25)17-11-9-16(26-2)10-12-17/h3-13,20H,14H2,1-2H3,(H,22,23). The highest BCUT2D eigenvalue weighted by Crippen LogP contribution is 2.32. The van der Waals surface area contributed by atoms with Crippen LogP contribution in [0.15, 0.2) is 70.9 Å². The van der Waals surface area contributed by atoms with E-state index in [0.717, 1.165) is 5.56 Å². The largest absolute Gasteiger partial charge is 0.497 e. The number of sulfone groups is 1. The van der Waals surface area contributed by atoms with E-state index >= 15 is 0 Å². The van der Waals surface area contributed by atoms with E-state index in [1.54, 1.807) is 36.4 Å². The van der Waals surface area contributed by atoms with Gasteiger partial charge in [-0.3, -0.25) is 4.79 Å². The Hall–Kier alpha value is -2.64. The Morgan fingerprint density at radius 2 is 1.79 bits per heavy atom. The van der Waals surface area contributed by atoms with Gasteiger partial charge in [-0.2, -0.15) is 0 Å². The molecular formula is C21H21NO4S2. The van der Waals surface area contributed by atoms with Crippen LogP contribution >= 0.6 is 11.3 Å². The molecule has 0 radical (unpaired) electrons. The van der Waals surface area contributed by atoms with Crippen molar-refractivity contribution in [3.63, 3.8) is 0 Å². The first-order valence-corrected chi connectivity index (χ1v) is 11.1. The van der Waals surface area contributed by atoms with E-state index in [1.807, 2.05) is 24.4 Å². The zero-order valence-electron chi connectivity index (χ0n) is 15.6. The highest BCUT2D eigenvalue weighted by atomic mass is 32.2. The van der Waals surface area contributed by atoms with Crippen LogP contribution in [0.25, 0.3) is 0 Å². The lowest BCUT2D eigenvalue weighted by atomic mass is 10.1. The Kier molecular flexibility index (Phi) is 6.16. The van der Waals surface area contributed by atoms with Crippen molar-refractivity contribution in [2.24, 2.45) is 0 Å². The fourth-order valence-electron chi connectivity index (χ4n) is 2.88. The van der Waals surface area contributed by atoms with Crippen LogP contribution in [0.3, 0.4) is 0 Å². The molecule has 3 rings (SSSR count). The topological polar surface area (TPSA) is 72.5 Å². The van der Waals surface area contributed by atoms with Gasteiger partial charge < -0.3 is 10.1 Å². The fraction of sp³-hybridized carbons (Fsp3) is 0.190. The molecule has 0 aliphatic heterocycles. The van der Waals surface area contributed by atoms with Gasteiger partial charge in [0.25, 0.3) is 5.91 Å². The maximum absolute atomic E-state index is 13.3. The van der Waals surface area contributed by atoms with E-state index in [9.17, 15) is 13.2 Å². The van der Waals surface area contributed by atoms with Gasteiger partial charge in [-0.05, 0) is 54.3 Å². The lowest BCUT2D eigenvalue weighted by molar-refractivity contribution is 0.0953. The molecule has 0 bridgehead atoms. The Balaban J connectivity index is 1.87. The van der Waals surface area contributed by atoms with Crippen LogP contribution in [0.1, 0.15) is 26.0 Å². The summed E-state index contributed by atoms with van der Waals surface area (Å²) in [7, 11) is -2.17. The van der Waals surface area contributed by atoms with Gasteiger partial charge >= 0.3 is 0 Å². The summed E-state index contributed by atoms with van der Waals surface area (Å²) in [5.41, 5.74) is 1.37. The van der Waals surface area contributed by atoms with E-state index in [4.69, 9.17) is 4.74 Å². The average molecular weight is 416 g/mol. The minimum absolute atomic E-state index is 0.0119. The van der Waals surface area contributed by atoms with Crippen LogP contribution < -0.4 is 10.1 Å². The highest BCUT2D eigenvalue weighted by Gasteiger charge is 2.30. The molecular weight excluding hydrogens is 394 g/mol. The van der Waals surface area contributed by atoms with Gasteiger partial charge in [0.2, 0.25) is 0 Å². The van der Waals surface area contributed by atoms with Crippen LogP contribution in [-0.4, -0.2) is 28.0 Å². The number of carbonyl (C=O) groups excluding carboxylic acids is 1. The zero-order chi connectivity index (χ0) is 20.1. The van der Waals surface area contributed by atoms with Crippen molar-refractivity contribution in [1.82, 2.24) is 5.32 Å². The summed E-state index contributed by atoms with van der Waals surface area (Å²) >= 11 is 1.36. The molecule has 0 saturated heterocycles. The van der Waals surface area contributed by atoms with E-state index in [-0.39, 0.29) is 17.3 Å². The smallest absolute Gasteiger partial charge is 0.251 e. The summed E-state index contributed by atoms with van der Waals surface area (Å²) in [6.07, 6.45) is 0. The molecule has 0 spiro atoms. The Labute approximate surface area is 168 Å². The van der Waals surface area contributed by atoms with Gasteiger partial charge in [0.1, 0.15) is 11.0 Å². The average Bonchev–Trinajstić information content (AvgIpc) is 3.22. The normalized spacial score (nSPS) is 12.4. The second-order valence-electron chi connectivity index (χ2n) is 6.25. The van der Waals surface area contributed by atoms with Gasteiger partial charge in [-0.25, -0.2) is 8.42 Å². The molecule has 1 aromatic heterocycles. The minimum atomic E-state index is -3.70. The highest BCUT2D eigenvalue weighted by molar-refractivity contribution is 7.91. The molecule has 3 aromatic rings. The number of methoxy groups -OCH3 is 1. The third kappa shape index (κ3) is 4.26. The summed E-state index contributed by atoms with van der Waals surface area (Å²) in [6.45, 7) is 1.84. The van der Waals surface area contributed by atoms with Gasteiger partial charge in [0, 0.05) is 17.0 Å². The molecule has 1 N–H and O–H groups in total. The monoisotopic (exact) mass is 415 g/mol. The number of hydrogen-bond donors (Lipinski definition) is 1. The number of carbonyl (C=O) groups is 1. The second kappa shape index (κ2) is 8.58. The minimum Gasteiger partial charge on any atom is -0.497 e. The van der Waals surface area contributed by atoms with E-state index in [2.05, 4.69) is 5.32 Å². The summed E-state index contributed by atoms with van der Waals surface area (Å²) in [5, 5.41) is 3.75. The first-order valence-electron chi connectivity index (χ1n) is 8.68. The van der Waals surface area contributed by atoms with Gasteiger partial charge in [-0.1, -0.05) is 24.3 Å². The Bertz CT molecular complexity index is 1040. The number of amides is 1. The maximum atomic E-state index is 13.3. The van der Waals surface area contributed by atoms with Crippen LogP contribution in [0.2, 0.25) is 0 Å². The first-order chi connectivity index (χ1) is 13.4.